The molecule has 2 atom stereocenters. The second kappa shape index (κ2) is 5.00. The zero-order valence-corrected chi connectivity index (χ0v) is 9.10. The molecule has 1 heterocycles. The fourth-order valence-corrected chi connectivity index (χ4v) is 1.73. The number of carbonyl (C=O) groups is 2. The Labute approximate surface area is 89.0 Å². The zero-order chi connectivity index (χ0) is 11.4. The van der Waals surface area contributed by atoms with Crippen molar-refractivity contribution in [2.24, 2.45) is 5.92 Å². The van der Waals surface area contributed by atoms with Crippen LogP contribution in [0.5, 0.6) is 0 Å². The second-order valence-corrected chi connectivity index (χ2v) is 3.83. The van der Waals surface area contributed by atoms with Crippen LogP contribution in [0.1, 0.15) is 26.7 Å². The molecule has 1 saturated heterocycles. The molecule has 0 bridgehead atoms. The Bertz CT molecular complexity index is 254. The molecule has 1 N–H and O–H groups in total. The fourth-order valence-electron chi connectivity index (χ4n) is 1.73. The summed E-state index contributed by atoms with van der Waals surface area (Å²) in [6, 6.07) is -0.761. The van der Waals surface area contributed by atoms with Gasteiger partial charge in [-0.05, 0) is 12.3 Å². The van der Waals surface area contributed by atoms with Gasteiger partial charge in [0.15, 0.2) is 0 Å². The van der Waals surface area contributed by atoms with E-state index in [1.807, 2.05) is 13.8 Å². The summed E-state index contributed by atoms with van der Waals surface area (Å²) in [4.78, 5) is 23.8. The smallest absolute Gasteiger partial charge is 0.410 e. The minimum atomic E-state index is -0.955. The summed E-state index contributed by atoms with van der Waals surface area (Å²) in [7, 11) is 0. The maximum Gasteiger partial charge on any atom is 0.410 e. The lowest BCUT2D eigenvalue weighted by Gasteiger charge is -2.34. The number of hydrogen-bond acceptors (Lipinski definition) is 3. The van der Waals surface area contributed by atoms with E-state index < -0.39 is 18.1 Å². The third kappa shape index (κ3) is 2.61. The Morgan fingerprint density at radius 2 is 2.33 bits per heavy atom. The number of aliphatic carboxylic acids is 1. The molecule has 5 nitrogen and oxygen atoms in total. The summed E-state index contributed by atoms with van der Waals surface area (Å²) in [6.07, 6.45) is 0.918. The first-order valence-electron chi connectivity index (χ1n) is 5.24. The predicted molar refractivity (Wildman–Crippen MR) is 53.5 cm³/mol. The van der Waals surface area contributed by atoms with Gasteiger partial charge in [0.05, 0.1) is 6.61 Å². The Hall–Kier alpha value is -1.26. The molecule has 1 amide bonds. The minimum absolute atomic E-state index is 0.0619. The van der Waals surface area contributed by atoms with E-state index in [0.29, 0.717) is 19.6 Å². The number of amides is 1. The van der Waals surface area contributed by atoms with E-state index in [0.717, 1.165) is 6.42 Å². The normalized spacial score (nSPS) is 20.7. The molecular formula is C10H17NO4. The van der Waals surface area contributed by atoms with Gasteiger partial charge in [-0.15, -0.1) is 0 Å². The largest absolute Gasteiger partial charge is 0.480 e. The van der Waals surface area contributed by atoms with Crippen molar-refractivity contribution in [3.63, 3.8) is 0 Å². The monoisotopic (exact) mass is 215 g/mol. The van der Waals surface area contributed by atoms with Crippen LogP contribution in [0, 0.1) is 5.92 Å². The van der Waals surface area contributed by atoms with Crippen LogP contribution in [0.15, 0.2) is 0 Å². The van der Waals surface area contributed by atoms with Crippen molar-refractivity contribution in [2.45, 2.75) is 32.7 Å². The SMILES string of the molecule is CCC(C)C(C(=O)O)N1CCCOC1=O. The topological polar surface area (TPSA) is 66.8 Å². The molecule has 0 spiro atoms. The van der Waals surface area contributed by atoms with Crippen LogP contribution >= 0.6 is 0 Å². The highest BCUT2D eigenvalue weighted by atomic mass is 16.6. The van der Waals surface area contributed by atoms with Crippen LogP contribution in [-0.2, 0) is 9.53 Å². The average Bonchev–Trinajstić information content (AvgIpc) is 2.20. The average molecular weight is 215 g/mol. The molecule has 1 rings (SSSR count). The first kappa shape index (κ1) is 11.8. The van der Waals surface area contributed by atoms with Gasteiger partial charge in [0.2, 0.25) is 0 Å². The van der Waals surface area contributed by atoms with E-state index in [-0.39, 0.29) is 5.92 Å². The molecule has 0 aromatic rings. The summed E-state index contributed by atoms with van der Waals surface area (Å²) in [5.74, 6) is -1.02. The van der Waals surface area contributed by atoms with Gasteiger partial charge in [0.1, 0.15) is 6.04 Å². The first-order valence-corrected chi connectivity index (χ1v) is 5.24. The van der Waals surface area contributed by atoms with Crippen LogP contribution in [0.2, 0.25) is 0 Å². The van der Waals surface area contributed by atoms with Gasteiger partial charge < -0.3 is 9.84 Å². The number of cyclic esters (lactones) is 1. The van der Waals surface area contributed by atoms with Crippen molar-refractivity contribution in [3.8, 4) is 0 Å². The Morgan fingerprint density at radius 3 is 2.80 bits per heavy atom. The molecule has 2 unspecified atom stereocenters. The van der Waals surface area contributed by atoms with Crippen LogP contribution in [-0.4, -0.2) is 41.3 Å². The maximum atomic E-state index is 11.4. The Morgan fingerprint density at radius 1 is 1.67 bits per heavy atom. The molecule has 1 aliphatic heterocycles. The lowest BCUT2D eigenvalue weighted by atomic mass is 9.97. The van der Waals surface area contributed by atoms with Gasteiger partial charge in [-0.3, -0.25) is 4.90 Å². The summed E-state index contributed by atoms with van der Waals surface area (Å²) in [5.41, 5.74) is 0. The highest BCUT2D eigenvalue weighted by Crippen LogP contribution is 2.18. The number of carbonyl (C=O) groups excluding carboxylic acids is 1. The molecule has 1 fully saturated rings. The predicted octanol–water partition coefficient (Wildman–Crippen LogP) is 1.33. The quantitative estimate of drug-likeness (QED) is 0.768. The Kier molecular flexibility index (Phi) is 3.94. The summed E-state index contributed by atoms with van der Waals surface area (Å²) < 4.78 is 4.84. The summed E-state index contributed by atoms with van der Waals surface area (Å²) >= 11 is 0. The van der Waals surface area contributed by atoms with Gasteiger partial charge in [0.25, 0.3) is 0 Å². The van der Waals surface area contributed by atoms with Gasteiger partial charge in [-0.2, -0.15) is 0 Å². The molecule has 86 valence electrons. The molecule has 0 radical (unpaired) electrons. The molecule has 0 aromatic carbocycles. The number of carboxylic acids is 1. The van der Waals surface area contributed by atoms with Crippen LogP contribution in [0.25, 0.3) is 0 Å². The second-order valence-electron chi connectivity index (χ2n) is 3.83. The van der Waals surface area contributed by atoms with Crippen molar-refractivity contribution in [1.29, 1.82) is 0 Å². The van der Waals surface area contributed by atoms with E-state index >= 15 is 0 Å². The van der Waals surface area contributed by atoms with Crippen molar-refractivity contribution >= 4 is 12.1 Å². The van der Waals surface area contributed by atoms with E-state index in [1.165, 1.54) is 4.90 Å². The Balaban J connectivity index is 2.78. The van der Waals surface area contributed by atoms with Crippen molar-refractivity contribution in [3.05, 3.63) is 0 Å². The molecule has 0 aromatic heterocycles. The van der Waals surface area contributed by atoms with Gasteiger partial charge in [-0.1, -0.05) is 20.3 Å². The fraction of sp³-hybridized carbons (Fsp3) is 0.800. The number of rotatable bonds is 4. The highest BCUT2D eigenvalue weighted by molar-refractivity contribution is 5.80. The standard InChI is InChI=1S/C10H17NO4/c1-3-7(2)8(9(12)13)11-5-4-6-15-10(11)14/h7-8H,3-6H2,1-2H3,(H,12,13). The van der Waals surface area contributed by atoms with Crippen LogP contribution in [0.3, 0.4) is 0 Å². The van der Waals surface area contributed by atoms with Crippen molar-refractivity contribution < 1.29 is 19.4 Å². The third-order valence-corrected chi connectivity index (χ3v) is 2.78. The lowest BCUT2D eigenvalue weighted by Crippen LogP contribution is -2.51. The number of ether oxygens (including phenoxy) is 1. The van der Waals surface area contributed by atoms with Crippen LogP contribution < -0.4 is 0 Å². The summed E-state index contributed by atoms with van der Waals surface area (Å²) in [6.45, 7) is 4.61. The molecule has 15 heavy (non-hydrogen) atoms. The van der Waals surface area contributed by atoms with Gasteiger partial charge in [0, 0.05) is 6.54 Å². The van der Waals surface area contributed by atoms with E-state index in [1.54, 1.807) is 0 Å². The maximum absolute atomic E-state index is 11.4. The number of carboxylic acid groups (broad SMARTS) is 1. The first-order chi connectivity index (χ1) is 7.07. The lowest BCUT2D eigenvalue weighted by molar-refractivity contribution is -0.145. The zero-order valence-electron chi connectivity index (χ0n) is 9.10. The molecule has 1 aliphatic rings. The molecular weight excluding hydrogens is 198 g/mol. The number of hydrogen-bond donors (Lipinski definition) is 1. The van der Waals surface area contributed by atoms with Crippen LogP contribution in [0.4, 0.5) is 4.79 Å². The van der Waals surface area contributed by atoms with E-state index in [9.17, 15) is 9.59 Å². The number of nitrogens with zero attached hydrogens (tertiary/aromatic N) is 1. The van der Waals surface area contributed by atoms with Crippen molar-refractivity contribution in [2.75, 3.05) is 13.2 Å². The van der Waals surface area contributed by atoms with Crippen molar-refractivity contribution in [1.82, 2.24) is 4.90 Å². The van der Waals surface area contributed by atoms with E-state index in [4.69, 9.17) is 9.84 Å². The minimum Gasteiger partial charge on any atom is -0.480 e. The van der Waals surface area contributed by atoms with Gasteiger partial charge >= 0.3 is 12.1 Å². The highest BCUT2D eigenvalue weighted by Gasteiger charge is 2.35. The van der Waals surface area contributed by atoms with E-state index in [2.05, 4.69) is 0 Å². The summed E-state index contributed by atoms with van der Waals surface area (Å²) in [5, 5.41) is 9.10. The molecule has 0 aliphatic carbocycles. The molecule has 0 saturated carbocycles. The molecule has 5 heteroatoms. The van der Waals surface area contributed by atoms with Gasteiger partial charge in [-0.25, -0.2) is 9.59 Å². The third-order valence-electron chi connectivity index (χ3n) is 2.78.